The van der Waals surface area contributed by atoms with Gasteiger partial charge in [-0.05, 0) is 37.8 Å². The molecule has 0 saturated heterocycles. The maximum absolute atomic E-state index is 13.6. The van der Waals surface area contributed by atoms with Gasteiger partial charge in [0.2, 0.25) is 0 Å². The van der Waals surface area contributed by atoms with Gasteiger partial charge in [-0.25, -0.2) is 4.39 Å². The second-order valence-corrected chi connectivity index (χ2v) is 5.01. The normalized spacial score (nSPS) is 13.9. The lowest BCUT2D eigenvalue weighted by Crippen LogP contribution is -2.33. The third-order valence-electron chi connectivity index (χ3n) is 3.38. The van der Waals surface area contributed by atoms with Crippen LogP contribution in [0.5, 0.6) is 0 Å². The minimum absolute atomic E-state index is 0.241. The van der Waals surface area contributed by atoms with Crippen molar-refractivity contribution < 1.29 is 9.18 Å². The van der Waals surface area contributed by atoms with Gasteiger partial charge in [-0.1, -0.05) is 5.92 Å². The lowest BCUT2D eigenvalue weighted by atomic mass is 10.1. The molecule has 4 heteroatoms. The predicted molar refractivity (Wildman–Crippen MR) is 73.0 cm³/mol. The summed E-state index contributed by atoms with van der Waals surface area (Å²) in [5, 5.41) is 0. The molecule has 1 aromatic carbocycles. The number of nitrogens with two attached hydrogens (primary N) is 1. The highest BCUT2D eigenvalue weighted by atomic mass is 19.1. The van der Waals surface area contributed by atoms with E-state index in [1.807, 2.05) is 0 Å². The average Bonchev–Trinajstić information content (AvgIpc) is 3.18. The smallest absolute Gasteiger partial charge is 0.254 e. The van der Waals surface area contributed by atoms with Gasteiger partial charge in [-0.2, -0.15) is 0 Å². The molecule has 3 nitrogen and oxygen atoms in total. The Balaban J connectivity index is 2.23. The van der Waals surface area contributed by atoms with E-state index in [1.165, 1.54) is 12.1 Å². The fourth-order valence-electron chi connectivity index (χ4n) is 1.95. The van der Waals surface area contributed by atoms with Crippen LogP contribution < -0.4 is 5.73 Å². The molecular weight excluding hydrogens is 243 g/mol. The third kappa shape index (κ3) is 3.05. The quantitative estimate of drug-likeness (QED) is 0.666. The molecule has 0 heterocycles. The molecule has 0 unspecified atom stereocenters. The predicted octanol–water partition coefficient (Wildman–Crippen LogP) is 2.20. The summed E-state index contributed by atoms with van der Waals surface area (Å²) in [5.41, 5.74) is 6.61. The zero-order valence-electron chi connectivity index (χ0n) is 10.9. The zero-order valence-corrected chi connectivity index (χ0v) is 10.9. The SMILES string of the molecule is C#CCN(CC1CC1)C(=O)c1cc(N)c(C)c(F)c1. The van der Waals surface area contributed by atoms with E-state index in [0.717, 1.165) is 12.8 Å². The number of amides is 1. The number of terminal acetylenes is 1. The molecule has 2 N–H and O–H groups in total. The number of hydrogen-bond acceptors (Lipinski definition) is 2. The monoisotopic (exact) mass is 260 g/mol. The molecule has 1 fully saturated rings. The van der Waals surface area contributed by atoms with E-state index in [4.69, 9.17) is 12.2 Å². The van der Waals surface area contributed by atoms with Crippen LogP contribution in [0.1, 0.15) is 28.8 Å². The first-order chi connectivity index (χ1) is 9.02. The fourth-order valence-corrected chi connectivity index (χ4v) is 1.95. The average molecular weight is 260 g/mol. The van der Waals surface area contributed by atoms with Crippen molar-refractivity contribution in [1.29, 1.82) is 0 Å². The van der Waals surface area contributed by atoms with E-state index < -0.39 is 5.82 Å². The van der Waals surface area contributed by atoms with Gasteiger partial charge in [-0.3, -0.25) is 4.79 Å². The second-order valence-electron chi connectivity index (χ2n) is 5.01. The maximum Gasteiger partial charge on any atom is 0.254 e. The fraction of sp³-hybridized carbons (Fsp3) is 0.400. The van der Waals surface area contributed by atoms with Crippen molar-refractivity contribution in [2.75, 3.05) is 18.8 Å². The number of hydrogen-bond donors (Lipinski definition) is 1. The number of carbonyl (C=O) groups excluding carboxylic acids is 1. The van der Waals surface area contributed by atoms with Crippen LogP contribution in [0.3, 0.4) is 0 Å². The molecule has 1 saturated carbocycles. The standard InChI is InChI=1S/C15H17FN2O/c1-3-6-18(9-11-4-5-11)15(19)12-7-13(16)10(2)14(17)8-12/h1,7-8,11H,4-6,9,17H2,2H3. The van der Waals surface area contributed by atoms with Gasteiger partial charge >= 0.3 is 0 Å². The van der Waals surface area contributed by atoms with Crippen molar-refractivity contribution in [3.63, 3.8) is 0 Å². The first-order valence-electron chi connectivity index (χ1n) is 6.31. The highest BCUT2D eigenvalue weighted by molar-refractivity contribution is 5.95. The summed E-state index contributed by atoms with van der Waals surface area (Å²) in [7, 11) is 0. The van der Waals surface area contributed by atoms with Gasteiger partial charge in [0.05, 0.1) is 6.54 Å². The molecule has 0 aromatic heterocycles. The largest absolute Gasteiger partial charge is 0.398 e. The van der Waals surface area contributed by atoms with Crippen molar-refractivity contribution in [1.82, 2.24) is 4.90 Å². The number of carbonyl (C=O) groups is 1. The summed E-state index contributed by atoms with van der Waals surface area (Å²) in [5.74, 6) is 2.29. The molecule has 0 atom stereocenters. The summed E-state index contributed by atoms with van der Waals surface area (Å²) in [4.78, 5) is 13.9. The second kappa shape index (κ2) is 5.31. The topological polar surface area (TPSA) is 46.3 Å². The van der Waals surface area contributed by atoms with Crippen LogP contribution in [-0.2, 0) is 0 Å². The Hall–Kier alpha value is -2.02. The van der Waals surface area contributed by atoms with Crippen LogP contribution >= 0.6 is 0 Å². The molecule has 0 bridgehead atoms. The van der Waals surface area contributed by atoms with Crippen molar-refractivity contribution in [3.8, 4) is 12.3 Å². The number of rotatable bonds is 4. The van der Waals surface area contributed by atoms with Crippen LogP contribution in [0.25, 0.3) is 0 Å². The van der Waals surface area contributed by atoms with Crippen LogP contribution in [0.4, 0.5) is 10.1 Å². The molecule has 19 heavy (non-hydrogen) atoms. The van der Waals surface area contributed by atoms with Crippen LogP contribution in [0.2, 0.25) is 0 Å². The number of nitrogen functional groups attached to an aromatic ring is 1. The molecule has 100 valence electrons. The number of halogens is 1. The van der Waals surface area contributed by atoms with Crippen LogP contribution in [-0.4, -0.2) is 23.9 Å². The molecule has 1 aromatic rings. The summed E-state index contributed by atoms with van der Waals surface area (Å²) in [6, 6.07) is 2.74. The minimum Gasteiger partial charge on any atom is -0.398 e. The summed E-state index contributed by atoms with van der Waals surface area (Å²) >= 11 is 0. The first kappa shape index (κ1) is 13.4. The first-order valence-corrected chi connectivity index (χ1v) is 6.31. The molecule has 2 rings (SSSR count). The Morgan fingerprint density at radius 2 is 2.26 bits per heavy atom. The summed E-state index contributed by atoms with van der Waals surface area (Å²) in [6.45, 7) is 2.46. The minimum atomic E-state index is -0.463. The summed E-state index contributed by atoms with van der Waals surface area (Å²) in [6.07, 6.45) is 7.53. The highest BCUT2D eigenvalue weighted by Crippen LogP contribution is 2.30. The Morgan fingerprint density at radius 3 is 2.79 bits per heavy atom. The van der Waals surface area contributed by atoms with Crippen LogP contribution in [0, 0.1) is 31.0 Å². The van der Waals surface area contributed by atoms with Crippen LogP contribution in [0.15, 0.2) is 12.1 Å². The molecule has 1 aliphatic rings. The van der Waals surface area contributed by atoms with Gasteiger partial charge in [0.15, 0.2) is 0 Å². The number of nitrogens with zero attached hydrogens (tertiary/aromatic N) is 1. The molecule has 0 aliphatic heterocycles. The van der Waals surface area contributed by atoms with E-state index in [9.17, 15) is 9.18 Å². The van der Waals surface area contributed by atoms with Crippen molar-refractivity contribution in [2.45, 2.75) is 19.8 Å². The lowest BCUT2D eigenvalue weighted by molar-refractivity contribution is 0.0769. The Kier molecular flexibility index (Phi) is 3.75. The van der Waals surface area contributed by atoms with Crippen molar-refractivity contribution in [3.05, 3.63) is 29.1 Å². The Morgan fingerprint density at radius 1 is 1.58 bits per heavy atom. The van der Waals surface area contributed by atoms with E-state index in [2.05, 4.69) is 5.92 Å². The molecule has 0 spiro atoms. The van der Waals surface area contributed by atoms with E-state index >= 15 is 0 Å². The lowest BCUT2D eigenvalue weighted by Gasteiger charge is -2.20. The van der Waals surface area contributed by atoms with Gasteiger partial charge in [0, 0.05) is 23.4 Å². The van der Waals surface area contributed by atoms with Crippen molar-refractivity contribution in [2.24, 2.45) is 5.92 Å². The Bertz CT molecular complexity index is 521. The van der Waals surface area contributed by atoms with Gasteiger partial charge in [0.1, 0.15) is 5.82 Å². The molecule has 0 radical (unpaired) electrons. The molecule has 1 aliphatic carbocycles. The van der Waals surface area contributed by atoms with E-state index in [1.54, 1.807) is 11.8 Å². The van der Waals surface area contributed by atoms with Gasteiger partial charge in [-0.15, -0.1) is 6.42 Å². The van der Waals surface area contributed by atoms with Gasteiger partial charge in [0.25, 0.3) is 5.91 Å². The van der Waals surface area contributed by atoms with E-state index in [0.29, 0.717) is 18.0 Å². The molecular formula is C15H17FN2O. The van der Waals surface area contributed by atoms with E-state index in [-0.39, 0.29) is 23.7 Å². The van der Waals surface area contributed by atoms with Crippen molar-refractivity contribution >= 4 is 11.6 Å². The Labute approximate surface area is 112 Å². The third-order valence-corrected chi connectivity index (χ3v) is 3.38. The number of anilines is 1. The molecule has 1 amide bonds. The highest BCUT2D eigenvalue weighted by Gasteiger charge is 2.27. The summed E-state index contributed by atoms with van der Waals surface area (Å²) < 4.78 is 13.6. The van der Waals surface area contributed by atoms with Gasteiger partial charge < -0.3 is 10.6 Å². The zero-order chi connectivity index (χ0) is 14.0. The maximum atomic E-state index is 13.6. The number of benzene rings is 1.